The number of anilines is 2. The lowest BCUT2D eigenvalue weighted by Gasteiger charge is -2.05. The normalized spacial score (nSPS) is 10.3. The first-order valence-corrected chi connectivity index (χ1v) is 4.78. The van der Waals surface area contributed by atoms with Gasteiger partial charge in [-0.25, -0.2) is 9.97 Å². The van der Waals surface area contributed by atoms with Gasteiger partial charge in [-0.3, -0.25) is 4.68 Å². The molecule has 0 atom stereocenters. The number of hydrogen-bond donors (Lipinski definition) is 1. The molecule has 0 amide bonds. The number of hydrogen-bond acceptors (Lipinski definition) is 4. The Labute approximate surface area is 92.1 Å². The van der Waals surface area contributed by atoms with Gasteiger partial charge in [0.25, 0.3) is 0 Å². The Morgan fingerprint density at radius 3 is 2.87 bits per heavy atom. The van der Waals surface area contributed by atoms with E-state index >= 15 is 0 Å². The minimum Gasteiger partial charge on any atom is -0.337 e. The molecule has 2 aromatic rings. The highest BCUT2D eigenvalue weighted by Crippen LogP contribution is 2.17. The van der Waals surface area contributed by atoms with Gasteiger partial charge in [0.2, 0.25) is 5.28 Å². The molecular formula is C9H10ClN5. The number of aryl methyl sites for hydroxylation is 2. The molecule has 1 N–H and O–H groups in total. The van der Waals surface area contributed by atoms with Crippen LogP contribution in [0, 0.1) is 6.92 Å². The molecule has 0 spiro atoms. The van der Waals surface area contributed by atoms with Crippen molar-refractivity contribution in [1.29, 1.82) is 0 Å². The summed E-state index contributed by atoms with van der Waals surface area (Å²) < 4.78 is 1.71. The number of aromatic nitrogens is 4. The number of nitrogens with one attached hydrogen (secondary N) is 1. The molecule has 0 aliphatic heterocycles. The quantitative estimate of drug-likeness (QED) is 0.791. The Morgan fingerprint density at radius 2 is 2.20 bits per heavy atom. The maximum Gasteiger partial charge on any atom is 0.224 e. The van der Waals surface area contributed by atoms with Crippen LogP contribution in [0.3, 0.4) is 0 Å². The van der Waals surface area contributed by atoms with Gasteiger partial charge in [0, 0.05) is 25.0 Å². The van der Waals surface area contributed by atoms with Crippen molar-refractivity contribution in [3.05, 3.63) is 29.4 Å². The molecule has 0 aliphatic rings. The number of halogens is 1. The van der Waals surface area contributed by atoms with Gasteiger partial charge in [-0.15, -0.1) is 0 Å². The van der Waals surface area contributed by atoms with E-state index in [0.717, 1.165) is 11.3 Å². The van der Waals surface area contributed by atoms with Crippen molar-refractivity contribution in [1.82, 2.24) is 19.7 Å². The van der Waals surface area contributed by atoms with Crippen molar-refractivity contribution in [2.75, 3.05) is 5.32 Å². The zero-order valence-corrected chi connectivity index (χ0v) is 9.15. The summed E-state index contributed by atoms with van der Waals surface area (Å²) in [6.45, 7) is 1.91. The molecule has 0 aromatic carbocycles. The summed E-state index contributed by atoms with van der Waals surface area (Å²) in [4.78, 5) is 7.96. The Balaban J connectivity index is 2.27. The summed E-state index contributed by atoms with van der Waals surface area (Å²) in [5.74, 6) is 0.697. The summed E-state index contributed by atoms with van der Waals surface area (Å²) in [5, 5.41) is 7.39. The molecule has 0 saturated carbocycles. The zero-order valence-electron chi connectivity index (χ0n) is 8.40. The third-order valence-electron chi connectivity index (χ3n) is 1.91. The van der Waals surface area contributed by atoms with Crippen LogP contribution in [-0.2, 0) is 7.05 Å². The Kier molecular flexibility index (Phi) is 2.55. The first kappa shape index (κ1) is 9.92. The van der Waals surface area contributed by atoms with Crippen LogP contribution in [0.4, 0.5) is 11.5 Å². The van der Waals surface area contributed by atoms with Crippen LogP contribution in [0.15, 0.2) is 18.6 Å². The Bertz CT molecular complexity index is 479. The average Bonchev–Trinajstić information content (AvgIpc) is 2.58. The van der Waals surface area contributed by atoms with Crippen LogP contribution >= 0.6 is 11.6 Å². The van der Waals surface area contributed by atoms with E-state index < -0.39 is 0 Å². The van der Waals surface area contributed by atoms with Crippen LogP contribution < -0.4 is 5.32 Å². The molecule has 2 heterocycles. The fourth-order valence-electron chi connectivity index (χ4n) is 1.17. The van der Waals surface area contributed by atoms with Gasteiger partial charge in [0.15, 0.2) is 0 Å². The second-order valence-electron chi connectivity index (χ2n) is 3.20. The van der Waals surface area contributed by atoms with Crippen molar-refractivity contribution in [3.63, 3.8) is 0 Å². The van der Waals surface area contributed by atoms with Gasteiger partial charge in [0.05, 0.1) is 11.9 Å². The van der Waals surface area contributed by atoms with E-state index in [-0.39, 0.29) is 5.28 Å². The third kappa shape index (κ3) is 2.24. The second kappa shape index (κ2) is 3.86. The molecule has 0 unspecified atom stereocenters. The van der Waals surface area contributed by atoms with E-state index in [1.54, 1.807) is 17.1 Å². The zero-order chi connectivity index (χ0) is 10.8. The molecule has 15 heavy (non-hydrogen) atoms. The maximum atomic E-state index is 5.71. The van der Waals surface area contributed by atoms with Crippen molar-refractivity contribution >= 4 is 23.1 Å². The van der Waals surface area contributed by atoms with E-state index in [4.69, 9.17) is 11.6 Å². The molecule has 2 rings (SSSR count). The smallest absolute Gasteiger partial charge is 0.224 e. The van der Waals surface area contributed by atoms with Gasteiger partial charge in [-0.2, -0.15) is 5.10 Å². The van der Waals surface area contributed by atoms with Gasteiger partial charge >= 0.3 is 0 Å². The molecular weight excluding hydrogens is 214 g/mol. The molecule has 0 bridgehead atoms. The third-order valence-corrected chi connectivity index (χ3v) is 2.09. The highest BCUT2D eigenvalue weighted by Gasteiger charge is 2.03. The first-order valence-electron chi connectivity index (χ1n) is 4.40. The standard InChI is InChI=1S/C9H10ClN5/c1-6-3-11-9(10)14-8(6)13-7-4-12-15(2)5-7/h3-5H,1-2H3,(H,11,13,14). The minimum absolute atomic E-state index is 0.229. The van der Waals surface area contributed by atoms with Crippen LogP contribution in [0.5, 0.6) is 0 Å². The fraction of sp³-hybridized carbons (Fsp3) is 0.222. The van der Waals surface area contributed by atoms with Crippen LogP contribution in [0.1, 0.15) is 5.56 Å². The molecule has 0 fully saturated rings. The highest BCUT2D eigenvalue weighted by atomic mass is 35.5. The summed E-state index contributed by atoms with van der Waals surface area (Å²) in [6, 6.07) is 0. The molecule has 0 aliphatic carbocycles. The number of nitrogens with zero attached hydrogens (tertiary/aromatic N) is 4. The summed E-state index contributed by atoms with van der Waals surface area (Å²) in [6.07, 6.45) is 5.25. The van der Waals surface area contributed by atoms with Gasteiger partial charge in [0.1, 0.15) is 5.82 Å². The van der Waals surface area contributed by atoms with Crippen molar-refractivity contribution in [2.24, 2.45) is 7.05 Å². The largest absolute Gasteiger partial charge is 0.337 e. The molecule has 0 saturated heterocycles. The van der Waals surface area contributed by atoms with Crippen LogP contribution in [-0.4, -0.2) is 19.7 Å². The Hall–Kier alpha value is -1.62. The van der Waals surface area contributed by atoms with E-state index in [2.05, 4.69) is 20.4 Å². The number of rotatable bonds is 2. The predicted molar refractivity (Wildman–Crippen MR) is 58.3 cm³/mol. The predicted octanol–water partition coefficient (Wildman–Crippen LogP) is 1.92. The van der Waals surface area contributed by atoms with Crippen molar-refractivity contribution < 1.29 is 0 Å². The maximum absolute atomic E-state index is 5.71. The lowest BCUT2D eigenvalue weighted by Crippen LogP contribution is -1.97. The molecule has 0 radical (unpaired) electrons. The van der Waals surface area contributed by atoms with Crippen molar-refractivity contribution in [2.45, 2.75) is 6.92 Å². The van der Waals surface area contributed by atoms with Gasteiger partial charge < -0.3 is 5.32 Å². The Morgan fingerprint density at radius 1 is 1.40 bits per heavy atom. The van der Waals surface area contributed by atoms with Crippen molar-refractivity contribution in [3.8, 4) is 0 Å². The van der Waals surface area contributed by atoms with E-state index in [1.165, 1.54) is 0 Å². The molecule has 2 aromatic heterocycles. The van der Waals surface area contributed by atoms with Gasteiger partial charge in [-0.1, -0.05) is 0 Å². The highest BCUT2D eigenvalue weighted by molar-refractivity contribution is 6.28. The topological polar surface area (TPSA) is 55.6 Å². The minimum atomic E-state index is 0.229. The molecule has 5 nitrogen and oxygen atoms in total. The van der Waals surface area contributed by atoms with E-state index in [0.29, 0.717) is 5.82 Å². The SMILES string of the molecule is Cc1cnc(Cl)nc1Nc1cnn(C)c1. The first-order chi connectivity index (χ1) is 7.15. The summed E-state index contributed by atoms with van der Waals surface area (Å²) in [5.41, 5.74) is 1.80. The average molecular weight is 224 g/mol. The van der Waals surface area contributed by atoms with Crippen LogP contribution in [0.2, 0.25) is 5.28 Å². The second-order valence-corrected chi connectivity index (χ2v) is 3.54. The molecule has 78 valence electrons. The van der Waals surface area contributed by atoms with E-state index in [1.807, 2.05) is 20.2 Å². The van der Waals surface area contributed by atoms with E-state index in [9.17, 15) is 0 Å². The molecule has 6 heteroatoms. The lowest BCUT2D eigenvalue weighted by atomic mass is 10.3. The fourth-order valence-corrected chi connectivity index (χ4v) is 1.30. The van der Waals surface area contributed by atoms with Gasteiger partial charge in [-0.05, 0) is 18.5 Å². The lowest BCUT2D eigenvalue weighted by molar-refractivity contribution is 0.768. The van der Waals surface area contributed by atoms with Crippen LogP contribution in [0.25, 0.3) is 0 Å². The monoisotopic (exact) mass is 223 g/mol. The summed E-state index contributed by atoms with van der Waals surface area (Å²) in [7, 11) is 1.85. The summed E-state index contributed by atoms with van der Waals surface area (Å²) >= 11 is 5.71.